The minimum atomic E-state index is -4.47. The van der Waals surface area contributed by atoms with Crippen LogP contribution in [0.1, 0.15) is 36.9 Å². The molecule has 29 heavy (non-hydrogen) atoms. The molecule has 0 radical (unpaired) electrons. The lowest BCUT2D eigenvalue weighted by atomic mass is 10.0. The molecule has 2 fully saturated rings. The van der Waals surface area contributed by atoms with Crippen molar-refractivity contribution < 1.29 is 13.2 Å². The quantitative estimate of drug-likeness (QED) is 0.763. The van der Waals surface area contributed by atoms with Crippen molar-refractivity contribution in [2.45, 2.75) is 50.5 Å². The highest BCUT2D eigenvalue weighted by molar-refractivity contribution is 5.44. The highest BCUT2D eigenvalue weighted by Gasteiger charge is 2.38. The van der Waals surface area contributed by atoms with Gasteiger partial charge in [-0.2, -0.15) is 13.2 Å². The van der Waals surface area contributed by atoms with Gasteiger partial charge in [0.15, 0.2) is 0 Å². The van der Waals surface area contributed by atoms with Crippen LogP contribution in [0.15, 0.2) is 35.5 Å². The van der Waals surface area contributed by atoms with E-state index >= 15 is 0 Å². The number of aromatic nitrogens is 3. The van der Waals surface area contributed by atoms with E-state index in [4.69, 9.17) is 0 Å². The third kappa shape index (κ3) is 4.60. The van der Waals surface area contributed by atoms with E-state index in [1.807, 2.05) is 12.3 Å². The first-order valence-corrected chi connectivity index (χ1v) is 9.87. The van der Waals surface area contributed by atoms with Crippen LogP contribution in [-0.2, 0) is 19.8 Å². The molecule has 156 valence electrons. The zero-order chi connectivity index (χ0) is 20.6. The zero-order valence-corrected chi connectivity index (χ0v) is 16.3. The highest BCUT2D eigenvalue weighted by Crippen LogP contribution is 2.37. The summed E-state index contributed by atoms with van der Waals surface area (Å²) in [6.45, 7) is 2.47. The van der Waals surface area contributed by atoms with Crippen molar-refractivity contribution >= 4 is 5.82 Å². The lowest BCUT2D eigenvalue weighted by Gasteiger charge is -2.39. The van der Waals surface area contributed by atoms with Crippen LogP contribution in [-0.4, -0.2) is 44.6 Å². The van der Waals surface area contributed by atoms with Gasteiger partial charge < -0.3 is 9.47 Å². The summed E-state index contributed by atoms with van der Waals surface area (Å²) in [5.41, 5.74) is 0.158. The molecule has 3 heterocycles. The Bertz CT molecular complexity index is 917. The van der Waals surface area contributed by atoms with Gasteiger partial charge in [0.1, 0.15) is 17.8 Å². The molecular weight excluding hydrogens is 383 g/mol. The van der Waals surface area contributed by atoms with Gasteiger partial charge in [-0.3, -0.25) is 9.69 Å². The molecule has 6 nitrogen and oxygen atoms in total. The van der Waals surface area contributed by atoms with Crippen molar-refractivity contribution in [3.63, 3.8) is 0 Å². The third-order valence-electron chi connectivity index (χ3n) is 5.65. The van der Waals surface area contributed by atoms with Gasteiger partial charge in [-0.15, -0.1) is 0 Å². The molecular formula is C20H24F3N5O. The van der Waals surface area contributed by atoms with Crippen molar-refractivity contribution in [2.24, 2.45) is 7.05 Å². The van der Waals surface area contributed by atoms with Gasteiger partial charge >= 0.3 is 6.18 Å². The summed E-state index contributed by atoms with van der Waals surface area (Å²) in [5.74, 6) is 0.381. The largest absolute Gasteiger partial charge is 0.433 e. The first kappa shape index (κ1) is 19.9. The number of hydrogen-bond acceptors (Lipinski definition) is 5. The fraction of sp³-hybridized carbons (Fsp3) is 0.550. The zero-order valence-electron chi connectivity index (χ0n) is 16.3. The van der Waals surface area contributed by atoms with Crippen LogP contribution in [0.2, 0.25) is 0 Å². The molecule has 1 saturated carbocycles. The number of pyridine rings is 1. The molecule has 0 amide bonds. The van der Waals surface area contributed by atoms with E-state index in [1.165, 1.54) is 0 Å². The summed E-state index contributed by atoms with van der Waals surface area (Å²) in [4.78, 5) is 23.5. The van der Waals surface area contributed by atoms with Crippen molar-refractivity contribution in [1.82, 2.24) is 19.4 Å². The molecule has 2 aromatic rings. The molecule has 1 aliphatic carbocycles. The summed E-state index contributed by atoms with van der Waals surface area (Å²) < 4.78 is 40.8. The van der Waals surface area contributed by atoms with Gasteiger partial charge in [0.25, 0.3) is 0 Å². The number of rotatable bonds is 5. The normalized spacial score (nSPS) is 18.8. The van der Waals surface area contributed by atoms with Crippen LogP contribution in [0.25, 0.3) is 0 Å². The Kier molecular flexibility index (Phi) is 5.33. The molecule has 0 spiro atoms. The standard InChI is InChI=1S/C20H24F3N5O/c1-26-11-14(2-5-19(26)29)12-27-8-6-16(7-9-27)28(15-3-4-15)18-10-17(20(21,22)23)24-13-25-18/h2,5,10-11,13,15-16H,3-4,6-9,12H2,1H3. The van der Waals surface area contributed by atoms with E-state index < -0.39 is 11.9 Å². The monoisotopic (exact) mass is 407 g/mol. The SMILES string of the molecule is Cn1cc(CN2CCC(N(c3cc(C(F)(F)F)ncn3)C3CC3)CC2)ccc1=O. The van der Waals surface area contributed by atoms with Gasteiger partial charge in [-0.25, -0.2) is 9.97 Å². The summed E-state index contributed by atoms with van der Waals surface area (Å²) >= 11 is 0. The summed E-state index contributed by atoms with van der Waals surface area (Å²) in [5, 5.41) is 0. The maximum Gasteiger partial charge on any atom is 0.433 e. The van der Waals surface area contributed by atoms with E-state index in [1.54, 1.807) is 17.7 Å². The number of aryl methyl sites for hydroxylation is 1. The van der Waals surface area contributed by atoms with Crippen LogP contribution in [0.5, 0.6) is 0 Å². The molecule has 1 aliphatic heterocycles. The van der Waals surface area contributed by atoms with Crippen molar-refractivity contribution in [1.29, 1.82) is 0 Å². The Hall–Kier alpha value is -2.42. The number of halogens is 3. The van der Waals surface area contributed by atoms with Gasteiger partial charge in [0.2, 0.25) is 5.56 Å². The van der Waals surface area contributed by atoms with E-state index in [-0.39, 0.29) is 17.6 Å². The first-order valence-electron chi connectivity index (χ1n) is 9.87. The number of anilines is 1. The topological polar surface area (TPSA) is 54.3 Å². The van der Waals surface area contributed by atoms with E-state index in [9.17, 15) is 18.0 Å². The van der Waals surface area contributed by atoms with Gasteiger partial charge in [-0.05, 0) is 31.2 Å². The summed E-state index contributed by atoms with van der Waals surface area (Å²) in [6.07, 6.45) is 2.12. The Labute approximate surface area is 167 Å². The lowest BCUT2D eigenvalue weighted by molar-refractivity contribution is -0.141. The molecule has 0 atom stereocenters. The van der Waals surface area contributed by atoms with Gasteiger partial charge in [0, 0.05) is 57.1 Å². The van der Waals surface area contributed by atoms with Crippen LogP contribution in [0, 0.1) is 0 Å². The third-order valence-corrected chi connectivity index (χ3v) is 5.65. The van der Waals surface area contributed by atoms with E-state index in [0.717, 1.165) is 63.3 Å². The van der Waals surface area contributed by atoms with Crippen LogP contribution >= 0.6 is 0 Å². The second-order valence-corrected chi connectivity index (χ2v) is 7.89. The smallest absolute Gasteiger partial charge is 0.350 e. The second kappa shape index (κ2) is 7.78. The molecule has 2 aromatic heterocycles. The first-order chi connectivity index (χ1) is 13.8. The van der Waals surface area contributed by atoms with Crippen LogP contribution < -0.4 is 10.5 Å². The Morgan fingerprint density at radius 2 is 1.79 bits per heavy atom. The minimum absolute atomic E-state index is 0.0318. The molecule has 9 heteroatoms. The van der Waals surface area contributed by atoms with Crippen LogP contribution in [0.3, 0.4) is 0 Å². The fourth-order valence-electron chi connectivity index (χ4n) is 4.03. The number of nitrogens with zero attached hydrogens (tertiary/aromatic N) is 5. The van der Waals surface area contributed by atoms with Gasteiger partial charge in [-0.1, -0.05) is 6.07 Å². The molecule has 4 rings (SSSR count). The molecule has 2 aliphatic rings. The molecule has 0 N–H and O–H groups in total. The number of hydrogen-bond donors (Lipinski definition) is 0. The van der Waals surface area contributed by atoms with Crippen molar-refractivity contribution in [3.05, 3.63) is 52.3 Å². The Morgan fingerprint density at radius 3 is 2.41 bits per heavy atom. The number of likely N-dealkylation sites (tertiary alicyclic amines) is 1. The van der Waals surface area contributed by atoms with Crippen LogP contribution in [0.4, 0.5) is 19.0 Å². The van der Waals surface area contributed by atoms with Crippen molar-refractivity contribution in [3.8, 4) is 0 Å². The second-order valence-electron chi connectivity index (χ2n) is 7.89. The van der Waals surface area contributed by atoms with E-state index in [0.29, 0.717) is 5.82 Å². The molecule has 1 saturated heterocycles. The Morgan fingerprint density at radius 1 is 1.10 bits per heavy atom. The lowest BCUT2D eigenvalue weighted by Crippen LogP contribution is -2.46. The van der Waals surface area contributed by atoms with Crippen molar-refractivity contribution in [2.75, 3.05) is 18.0 Å². The summed E-state index contributed by atoms with van der Waals surface area (Å²) in [7, 11) is 1.74. The molecule has 0 unspecified atom stereocenters. The number of piperidine rings is 1. The highest BCUT2D eigenvalue weighted by atomic mass is 19.4. The summed E-state index contributed by atoms with van der Waals surface area (Å²) in [6, 6.07) is 4.95. The van der Waals surface area contributed by atoms with Gasteiger partial charge in [0.05, 0.1) is 0 Å². The number of alkyl halides is 3. The predicted molar refractivity (Wildman–Crippen MR) is 103 cm³/mol. The fourth-order valence-corrected chi connectivity index (χ4v) is 4.03. The average molecular weight is 407 g/mol. The minimum Gasteiger partial charge on any atom is -0.350 e. The predicted octanol–water partition coefficient (Wildman–Crippen LogP) is 2.83. The molecule has 0 bridgehead atoms. The maximum absolute atomic E-state index is 13.1. The van der Waals surface area contributed by atoms with E-state index in [2.05, 4.69) is 19.8 Å². The molecule has 0 aromatic carbocycles. The average Bonchev–Trinajstić information content (AvgIpc) is 3.51. The maximum atomic E-state index is 13.1. The Balaban J connectivity index is 1.43.